The molecule has 0 aliphatic heterocycles. The Hall–Kier alpha value is -0.160. The molecule has 0 saturated heterocycles. The van der Waals surface area contributed by atoms with Gasteiger partial charge in [0, 0.05) is 0 Å². The molecule has 0 fully saturated rings. The van der Waals surface area contributed by atoms with E-state index in [1.165, 1.54) is 65.2 Å². The van der Waals surface area contributed by atoms with Gasteiger partial charge in [-0.15, -0.1) is 0 Å². The summed E-state index contributed by atoms with van der Waals surface area (Å²) in [5.41, 5.74) is 5.67. The molecule has 4 heteroatoms. The smallest absolute Gasteiger partial charge is 0.000653 e. The maximum atomic E-state index is 5.67. The van der Waals surface area contributed by atoms with E-state index in [-0.39, 0.29) is 0 Å². The van der Waals surface area contributed by atoms with Crippen LogP contribution in [0.5, 0.6) is 0 Å². The summed E-state index contributed by atoms with van der Waals surface area (Å²) in [6.07, 6.45) is 3.67. The van der Waals surface area contributed by atoms with Crippen molar-refractivity contribution in [1.82, 2.24) is 14.7 Å². The van der Waals surface area contributed by atoms with E-state index in [4.69, 9.17) is 5.73 Å². The van der Waals surface area contributed by atoms with Crippen molar-refractivity contribution in [3.05, 3.63) is 0 Å². The zero-order valence-electron chi connectivity index (χ0n) is 15.1. The van der Waals surface area contributed by atoms with Crippen molar-refractivity contribution >= 4 is 0 Å². The highest BCUT2D eigenvalue weighted by Gasteiger charge is 2.07. The monoisotopic (exact) mass is 300 g/mol. The molecule has 0 rings (SSSR count). The first-order valence-electron chi connectivity index (χ1n) is 9.08. The Morgan fingerprint density at radius 2 is 0.857 bits per heavy atom. The standard InChI is InChI=1S/C17H40N4/c1-5-19(6-2)14-10-16-21(13-9-12-18)17-11-15-20(7-3)8-4/h5-18H2,1-4H3. The van der Waals surface area contributed by atoms with E-state index >= 15 is 0 Å². The van der Waals surface area contributed by atoms with Gasteiger partial charge in [0.15, 0.2) is 0 Å². The van der Waals surface area contributed by atoms with Gasteiger partial charge in [-0.25, -0.2) is 0 Å². The lowest BCUT2D eigenvalue weighted by Crippen LogP contribution is -2.34. The molecule has 0 amide bonds. The lowest BCUT2D eigenvalue weighted by atomic mass is 10.2. The maximum Gasteiger partial charge on any atom is -0.000653 e. The minimum atomic E-state index is 0.808. The second-order valence-corrected chi connectivity index (χ2v) is 5.74. The van der Waals surface area contributed by atoms with Gasteiger partial charge in [-0.3, -0.25) is 0 Å². The van der Waals surface area contributed by atoms with E-state index in [2.05, 4.69) is 42.4 Å². The summed E-state index contributed by atoms with van der Waals surface area (Å²) < 4.78 is 0. The molecule has 0 aromatic heterocycles. The molecule has 0 spiro atoms. The molecule has 0 saturated carbocycles. The minimum absolute atomic E-state index is 0.808. The van der Waals surface area contributed by atoms with E-state index in [1.54, 1.807) is 0 Å². The van der Waals surface area contributed by atoms with Crippen LogP contribution in [-0.2, 0) is 0 Å². The second-order valence-electron chi connectivity index (χ2n) is 5.74. The van der Waals surface area contributed by atoms with E-state index in [9.17, 15) is 0 Å². The lowest BCUT2D eigenvalue weighted by Gasteiger charge is -2.26. The predicted molar refractivity (Wildman–Crippen MR) is 94.9 cm³/mol. The second kappa shape index (κ2) is 14.8. The fourth-order valence-corrected chi connectivity index (χ4v) is 2.77. The fraction of sp³-hybridized carbons (Fsp3) is 1.00. The van der Waals surface area contributed by atoms with Crippen molar-refractivity contribution in [2.24, 2.45) is 5.73 Å². The molecule has 0 aromatic carbocycles. The van der Waals surface area contributed by atoms with Crippen LogP contribution in [0.25, 0.3) is 0 Å². The molecule has 0 bridgehead atoms. The van der Waals surface area contributed by atoms with Crippen LogP contribution in [0.15, 0.2) is 0 Å². The lowest BCUT2D eigenvalue weighted by molar-refractivity contribution is 0.217. The van der Waals surface area contributed by atoms with Gasteiger partial charge in [-0.2, -0.15) is 0 Å². The largest absolute Gasteiger partial charge is 0.330 e. The van der Waals surface area contributed by atoms with Crippen LogP contribution in [0.3, 0.4) is 0 Å². The van der Waals surface area contributed by atoms with Gasteiger partial charge in [-0.1, -0.05) is 27.7 Å². The highest BCUT2D eigenvalue weighted by molar-refractivity contribution is 4.63. The summed E-state index contributed by atoms with van der Waals surface area (Å²) in [6, 6.07) is 0. The molecule has 0 atom stereocenters. The molecule has 21 heavy (non-hydrogen) atoms. The number of nitrogens with two attached hydrogens (primary N) is 1. The van der Waals surface area contributed by atoms with Gasteiger partial charge < -0.3 is 20.4 Å². The summed E-state index contributed by atoms with van der Waals surface area (Å²) in [6.45, 7) is 20.5. The average Bonchev–Trinajstić information content (AvgIpc) is 2.52. The Morgan fingerprint density at radius 1 is 0.524 bits per heavy atom. The van der Waals surface area contributed by atoms with Crippen LogP contribution >= 0.6 is 0 Å². The normalized spacial score (nSPS) is 12.0. The van der Waals surface area contributed by atoms with Gasteiger partial charge in [0.25, 0.3) is 0 Å². The first-order valence-corrected chi connectivity index (χ1v) is 9.08. The molecular formula is C17H40N4. The fourth-order valence-electron chi connectivity index (χ4n) is 2.77. The van der Waals surface area contributed by atoms with E-state index in [1.807, 2.05) is 0 Å². The highest BCUT2D eigenvalue weighted by atomic mass is 15.2. The first-order chi connectivity index (χ1) is 10.2. The first kappa shape index (κ1) is 20.8. The summed E-state index contributed by atoms with van der Waals surface area (Å²) in [7, 11) is 0. The molecule has 0 radical (unpaired) electrons. The quantitative estimate of drug-likeness (QED) is 0.502. The van der Waals surface area contributed by atoms with Gasteiger partial charge in [0.1, 0.15) is 0 Å². The van der Waals surface area contributed by atoms with Crippen molar-refractivity contribution in [3.63, 3.8) is 0 Å². The molecule has 0 aliphatic carbocycles. The van der Waals surface area contributed by atoms with Gasteiger partial charge in [0.05, 0.1) is 0 Å². The summed E-state index contributed by atoms with van der Waals surface area (Å²) in [4.78, 5) is 7.63. The van der Waals surface area contributed by atoms with Crippen LogP contribution < -0.4 is 5.73 Å². The number of rotatable bonds is 15. The summed E-state index contributed by atoms with van der Waals surface area (Å²) in [5.74, 6) is 0. The highest BCUT2D eigenvalue weighted by Crippen LogP contribution is 2.00. The molecule has 128 valence electrons. The molecule has 0 heterocycles. The van der Waals surface area contributed by atoms with E-state index < -0.39 is 0 Å². The Morgan fingerprint density at radius 3 is 1.19 bits per heavy atom. The van der Waals surface area contributed by atoms with Crippen molar-refractivity contribution in [2.75, 3.05) is 65.4 Å². The third kappa shape index (κ3) is 11.1. The molecule has 2 N–H and O–H groups in total. The maximum absolute atomic E-state index is 5.67. The number of hydrogen-bond acceptors (Lipinski definition) is 4. The SMILES string of the molecule is CCN(CC)CCCN(CCCN)CCCN(CC)CC. The molecular weight excluding hydrogens is 260 g/mol. The van der Waals surface area contributed by atoms with Crippen LogP contribution in [0.4, 0.5) is 0 Å². The van der Waals surface area contributed by atoms with Gasteiger partial charge in [-0.05, 0) is 84.7 Å². The Bertz CT molecular complexity index is 185. The zero-order chi connectivity index (χ0) is 15.9. The van der Waals surface area contributed by atoms with Crippen LogP contribution in [-0.4, -0.2) is 80.1 Å². The van der Waals surface area contributed by atoms with E-state index in [0.29, 0.717) is 0 Å². The average molecular weight is 301 g/mol. The van der Waals surface area contributed by atoms with Crippen molar-refractivity contribution in [2.45, 2.75) is 47.0 Å². The van der Waals surface area contributed by atoms with Crippen LogP contribution in [0, 0.1) is 0 Å². The number of hydrogen-bond donors (Lipinski definition) is 1. The van der Waals surface area contributed by atoms with Crippen molar-refractivity contribution in [1.29, 1.82) is 0 Å². The third-order valence-electron chi connectivity index (χ3n) is 4.36. The predicted octanol–water partition coefficient (Wildman–Crippen LogP) is 2.10. The Kier molecular flexibility index (Phi) is 14.7. The number of nitrogens with zero attached hydrogens (tertiary/aromatic N) is 3. The zero-order valence-corrected chi connectivity index (χ0v) is 15.1. The van der Waals surface area contributed by atoms with Gasteiger partial charge >= 0.3 is 0 Å². The Labute approximate surface area is 133 Å². The van der Waals surface area contributed by atoms with Crippen molar-refractivity contribution in [3.8, 4) is 0 Å². The molecule has 0 aromatic rings. The third-order valence-corrected chi connectivity index (χ3v) is 4.36. The van der Waals surface area contributed by atoms with Crippen LogP contribution in [0.2, 0.25) is 0 Å². The van der Waals surface area contributed by atoms with E-state index in [0.717, 1.165) is 19.5 Å². The summed E-state index contributed by atoms with van der Waals surface area (Å²) in [5, 5.41) is 0. The topological polar surface area (TPSA) is 35.7 Å². The minimum Gasteiger partial charge on any atom is -0.330 e. The molecule has 4 nitrogen and oxygen atoms in total. The Balaban J connectivity index is 3.95. The molecule has 0 unspecified atom stereocenters. The van der Waals surface area contributed by atoms with Gasteiger partial charge in [0.2, 0.25) is 0 Å². The van der Waals surface area contributed by atoms with Crippen LogP contribution in [0.1, 0.15) is 47.0 Å². The molecule has 0 aliphatic rings. The van der Waals surface area contributed by atoms with Crippen molar-refractivity contribution < 1.29 is 0 Å². The summed E-state index contributed by atoms with van der Waals surface area (Å²) >= 11 is 0.